The molecule has 6 unspecified atom stereocenters. The fraction of sp³-hybridized carbons (Fsp3) is 0.939. The number of rotatable bonds is 18. The van der Waals surface area contributed by atoms with E-state index in [4.69, 9.17) is 13.6 Å². The molecule has 0 aliphatic heterocycles. The topological polar surface area (TPSA) is 82.1 Å². The molecule has 0 amide bonds. The number of hydrogen-bond acceptors (Lipinski definition) is 6. The molecule has 242 valence electrons. The van der Waals surface area contributed by atoms with E-state index >= 15 is 0 Å². The second-order valence-electron chi connectivity index (χ2n) is 15.7. The van der Waals surface area contributed by atoms with Crippen LogP contribution in [0.5, 0.6) is 0 Å². The van der Waals surface area contributed by atoms with Crippen molar-refractivity contribution in [1.82, 2.24) is 0 Å². The van der Waals surface area contributed by atoms with Gasteiger partial charge >= 0.3 is 5.97 Å². The number of aliphatic hydroxyl groups is 1. The van der Waals surface area contributed by atoms with E-state index in [1.807, 2.05) is 0 Å². The van der Waals surface area contributed by atoms with E-state index in [9.17, 15) is 14.7 Å². The van der Waals surface area contributed by atoms with E-state index < -0.39 is 22.7 Å². The zero-order chi connectivity index (χ0) is 31.6. The molecule has 1 rings (SSSR count). The smallest absolute Gasteiger partial charge is 0.305 e. The molecule has 1 saturated carbocycles. The molecule has 0 spiro atoms. The highest BCUT2D eigenvalue weighted by molar-refractivity contribution is 6.74. The summed E-state index contributed by atoms with van der Waals surface area (Å²) < 4.78 is 19.3. The molecular weight excluding hydrogens is 549 g/mol. The highest BCUT2D eigenvalue weighted by atomic mass is 28.4. The molecule has 0 radical (unpaired) electrons. The van der Waals surface area contributed by atoms with Gasteiger partial charge in [0.1, 0.15) is 12.4 Å². The lowest BCUT2D eigenvalue weighted by Crippen LogP contribution is -2.46. The molecule has 1 fully saturated rings. The minimum atomic E-state index is -2.04. The molecule has 1 aliphatic rings. The van der Waals surface area contributed by atoms with Crippen LogP contribution in [0.15, 0.2) is 0 Å². The Morgan fingerprint density at radius 3 is 1.90 bits per heavy atom. The van der Waals surface area contributed by atoms with Crippen molar-refractivity contribution in [2.24, 2.45) is 17.8 Å². The molecule has 6 nitrogen and oxygen atoms in total. The molecule has 0 heterocycles. The fourth-order valence-electron chi connectivity index (χ4n) is 5.95. The van der Waals surface area contributed by atoms with Gasteiger partial charge in [-0.15, -0.1) is 0 Å². The Labute approximate surface area is 255 Å². The summed E-state index contributed by atoms with van der Waals surface area (Å²) in [6.45, 7) is 25.5. The van der Waals surface area contributed by atoms with Crippen molar-refractivity contribution in [1.29, 1.82) is 0 Å². The molecule has 41 heavy (non-hydrogen) atoms. The van der Waals surface area contributed by atoms with Gasteiger partial charge in [-0.1, -0.05) is 80.6 Å². The monoisotopic (exact) mass is 614 g/mol. The number of ether oxygens (including phenoxy) is 1. The van der Waals surface area contributed by atoms with Crippen LogP contribution in [0.25, 0.3) is 0 Å². The van der Waals surface area contributed by atoms with Crippen LogP contribution >= 0.6 is 0 Å². The van der Waals surface area contributed by atoms with Crippen LogP contribution in [0.3, 0.4) is 0 Å². The number of carbonyl (C=O) groups is 2. The molecule has 0 bridgehead atoms. The summed E-state index contributed by atoms with van der Waals surface area (Å²) in [4.78, 5) is 22.9. The number of unbranched alkanes of at least 4 members (excludes halogenated alkanes) is 3. The Morgan fingerprint density at radius 1 is 0.878 bits per heavy atom. The van der Waals surface area contributed by atoms with E-state index in [-0.39, 0.29) is 28.3 Å². The van der Waals surface area contributed by atoms with Gasteiger partial charge in [0.25, 0.3) is 0 Å². The van der Waals surface area contributed by atoms with Crippen LogP contribution in [-0.2, 0) is 23.2 Å². The van der Waals surface area contributed by atoms with Crippen LogP contribution in [0.4, 0.5) is 0 Å². The van der Waals surface area contributed by atoms with Crippen molar-refractivity contribution in [2.75, 3.05) is 7.11 Å². The summed E-state index contributed by atoms with van der Waals surface area (Å²) in [5.41, 5.74) is 0. The van der Waals surface area contributed by atoms with E-state index in [2.05, 4.69) is 74.7 Å². The minimum Gasteiger partial charge on any atom is -0.469 e. The molecular formula is C33H66O6Si2. The summed E-state index contributed by atoms with van der Waals surface area (Å²) in [6, 6.07) is 0. The predicted octanol–water partition coefficient (Wildman–Crippen LogP) is 8.67. The van der Waals surface area contributed by atoms with E-state index in [1.165, 1.54) is 7.11 Å². The van der Waals surface area contributed by atoms with Crippen LogP contribution in [0.1, 0.15) is 119 Å². The maximum Gasteiger partial charge on any atom is 0.305 e. The SMILES string of the molecule is CCCC(CCC(O)C=O)C1C(O[Si](C)(C)C(C)(C)C)CC(O[Si](C)(C)C(C)(C)C)C1CCCCCCC(=O)OC. The molecule has 6 atom stereocenters. The second kappa shape index (κ2) is 16.5. The molecule has 0 aromatic carbocycles. The Hall–Kier alpha value is -0.546. The first-order valence-corrected chi connectivity index (χ1v) is 22.2. The average Bonchev–Trinajstić information content (AvgIpc) is 3.16. The number of aliphatic hydroxyl groups excluding tert-OH is 1. The largest absolute Gasteiger partial charge is 0.469 e. The van der Waals surface area contributed by atoms with Crippen molar-refractivity contribution < 1.29 is 28.3 Å². The molecule has 0 aromatic heterocycles. The van der Waals surface area contributed by atoms with Crippen LogP contribution in [-0.4, -0.2) is 59.4 Å². The lowest BCUT2D eigenvalue weighted by atomic mass is 9.75. The van der Waals surface area contributed by atoms with Gasteiger partial charge in [-0.05, 0) is 86.1 Å². The van der Waals surface area contributed by atoms with Gasteiger partial charge in [0, 0.05) is 6.42 Å². The molecule has 0 aromatic rings. The minimum absolute atomic E-state index is 0.110. The lowest BCUT2D eigenvalue weighted by molar-refractivity contribution is -0.140. The Kier molecular flexibility index (Phi) is 15.5. The van der Waals surface area contributed by atoms with Gasteiger partial charge in [0.2, 0.25) is 0 Å². The number of aldehydes is 1. The second-order valence-corrected chi connectivity index (χ2v) is 25.2. The molecule has 0 saturated heterocycles. The van der Waals surface area contributed by atoms with E-state index in [0.717, 1.165) is 57.8 Å². The summed E-state index contributed by atoms with van der Waals surface area (Å²) >= 11 is 0. The first-order chi connectivity index (χ1) is 18.8. The van der Waals surface area contributed by atoms with Gasteiger partial charge in [0.15, 0.2) is 16.6 Å². The highest BCUT2D eigenvalue weighted by Crippen LogP contribution is 2.51. The summed E-state index contributed by atoms with van der Waals surface area (Å²) in [7, 11) is -2.61. The van der Waals surface area contributed by atoms with Crippen molar-refractivity contribution in [3.05, 3.63) is 0 Å². The van der Waals surface area contributed by atoms with Gasteiger partial charge < -0.3 is 23.5 Å². The standard InChI is InChI=1S/C33H66O6Si2/c1-13-18-25(21-22-26(35)24-34)31-27(19-16-14-15-17-20-30(36)37-8)28(38-40(9,10)32(2,3)4)23-29(31)39-41(11,12)33(5,6)7/h24-29,31,35H,13-23H2,1-12H3. The predicted molar refractivity (Wildman–Crippen MR) is 175 cm³/mol. The maximum atomic E-state index is 11.6. The van der Waals surface area contributed by atoms with Crippen LogP contribution in [0.2, 0.25) is 36.3 Å². The molecule has 1 aliphatic carbocycles. The van der Waals surface area contributed by atoms with Gasteiger partial charge in [0.05, 0.1) is 19.3 Å². The fourth-order valence-corrected chi connectivity index (χ4v) is 8.69. The van der Waals surface area contributed by atoms with Gasteiger partial charge in [-0.3, -0.25) is 4.79 Å². The van der Waals surface area contributed by atoms with Gasteiger partial charge in [-0.25, -0.2) is 0 Å². The Bertz CT molecular complexity index is 786. The zero-order valence-corrected chi connectivity index (χ0v) is 30.8. The third kappa shape index (κ3) is 11.8. The summed E-state index contributed by atoms with van der Waals surface area (Å²) in [6.07, 6.45) is 10.1. The van der Waals surface area contributed by atoms with Crippen molar-refractivity contribution in [3.8, 4) is 0 Å². The molecule has 1 N–H and O–H groups in total. The first kappa shape index (κ1) is 38.5. The van der Waals surface area contributed by atoms with Crippen molar-refractivity contribution >= 4 is 28.9 Å². The average molecular weight is 615 g/mol. The Balaban J connectivity index is 3.39. The maximum absolute atomic E-state index is 11.6. The summed E-state index contributed by atoms with van der Waals surface area (Å²) in [5, 5.41) is 10.4. The van der Waals surface area contributed by atoms with E-state index in [0.29, 0.717) is 36.9 Å². The lowest BCUT2D eigenvalue weighted by Gasteiger charge is -2.42. The van der Waals surface area contributed by atoms with Crippen molar-refractivity contribution in [3.63, 3.8) is 0 Å². The third-order valence-electron chi connectivity index (χ3n) is 10.5. The highest BCUT2D eigenvalue weighted by Gasteiger charge is 2.52. The van der Waals surface area contributed by atoms with Crippen molar-refractivity contribution in [2.45, 2.75) is 174 Å². The zero-order valence-electron chi connectivity index (χ0n) is 28.8. The van der Waals surface area contributed by atoms with Gasteiger partial charge in [-0.2, -0.15) is 0 Å². The number of methoxy groups -OCH3 is 1. The number of carbonyl (C=O) groups excluding carboxylic acids is 2. The quantitative estimate of drug-likeness (QED) is 0.0720. The number of esters is 1. The van der Waals surface area contributed by atoms with Crippen LogP contribution < -0.4 is 0 Å². The Morgan fingerprint density at radius 2 is 1.41 bits per heavy atom. The molecule has 8 heteroatoms. The van der Waals surface area contributed by atoms with Crippen LogP contribution in [0, 0.1) is 17.8 Å². The number of hydrogen-bond donors (Lipinski definition) is 1. The normalized spacial score (nSPS) is 23.8. The third-order valence-corrected chi connectivity index (χ3v) is 19.5. The van der Waals surface area contributed by atoms with E-state index in [1.54, 1.807) is 0 Å². The first-order valence-electron chi connectivity index (χ1n) is 16.4. The summed E-state index contributed by atoms with van der Waals surface area (Å²) in [5.74, 6) is 0.966.